The molecule has 1 fully saturated rings. The number of ether oxygens (including phenoxy) is 1. The molecule has 3 rings (SSSR count). The lowest BCUT2D eigenvalue weighted by Crippen LogP contribution is -2.18. The Hall–Kier alpha value is -2.09. The summed E-state index contributed by atoms with van der Waals surface area (Å²) in [5, 5.41) is 15.6. The van der Waals surface area contributed by atoms with Crippen LogP contribution in [0.4, 0.5) is 5.69 Å². The molecule has 134 valence electrons. The zero-order valence-electron chi connectivity index (χ0n) is 14.6. The van der Waals surface area contributed by atoms with Crippen LogP contribution in [0.25, 0.3) is 0 Å². The Bertz CT molecular complexity index is 728. The largest absolute Gasteiger partial charge is 0.495 e. The number of aryl methyl sites for hydroxylation is 1. The predicted octanol–water partition coefficient (Wildman–Crippen LogP) is 3.23. The third kappa shape index (κ3) is 4.50. The first-order valence-electron chi connectivity index (χ1n) is 8.52. The van der Waals surface area contributed by atoms with Crippen LogP contribution in [0.5, 0.6) is 5.75 Å². The van der Waals surface area contributed by atoms with Gasteiger partial charge in [-0.15, -0.1) is 5.10 Å². The highest BCUT2D eigenvalue weighted by atomic mass is 32.2. The Kier molecular flexibility index (Phi) is 5.91. The van der Waals surface area contributed by atoms with Crippen molar-refractivity contribution in [3.63, 3.8) is 0 Å². The molecule has 0 spiro atoms. The lowest BCUT2D eigenvalue weighted by molar-refractivity contribution is -0.113. The van der Waals surface area contributed by atoms with E-state index in [9.17, 15) is 4.79 Å². The second-order valence-corrected chi connectivity index (χ2v) is 7.18. The van der Waals surface area contributed by atoms with Crippen molar-refractivity contribution >= 4 is 23.4 Å². The monoisotopic (exact) mass is 361 g/mol. The number of tetrazole rings is 1. The van der Waals surface area contributed by atoms with E-state index >= 15 is 0 Å². The summed E-state index contributed by atoms with van der Waals surface area (Å²) in [6, 6.07) is 6.04. The third-order valence-electron chi connectivity index (χ3n) is 4.34. The van der Waals surface area contributed by atoms with Crippen molar-refractivity contribution in [3.05, 3.63) is 23.8 Å². The fourth-order valence-electron chi connectivity index (χ4n) is 3.07. The molecule has 1 aliphatic carbocycles. The standard InChI is InChI=1S/C17H23N5O2S/c1-12-8-9-15(24-2)14(10-12)18-16(23)11-25-17-19-20-21-22(17)13-6-4-3-5-7-13/h8-10,13H,3-7,11H2,1-2H3,(H,18,23). The highest BCUT2D eigenvalue weighted by molar-refractivity contribution is 7.99. The van der Waals surface area contributed by atoms with E-state index in [4.69, 9.17) is 4.74 Å². The van der Waals surface area contributed by atoms with Crippen LogP contribution in [0.2, 0.25) is 0 Å². The van der Waals surface area contributed by atoms with Gasteiger partial charge in [-0.25, -0.2) is 4.68 Å². The topological polar surface area (TPSA) is 81.9 Å². The normalized spacial score (nSPS) is 15.1. The van der Waals surface area contributed by atoms with E-state index in [2.05, 4.69) is 20.8 Å². The van der Waals surface area contributed by atoms with Crippen LogP contribution in [-0.2, 0) is 4.79 Å². The molecular formula is C17H23N5O2S. The number of amides is 1. The third-order valence-corrected chi connectivity index (χ3v) is 5.28. The van der Waals surface area contributed by atoms with Crippen molar-refractivity contribution in [2.24, 2.45) is 0 Å². The highest BCUT2D eigenvalue weighted by Gasteiger charge is 2.21. The van der Waals surface area contributed by atoms with Gasteiger partial charge in [0.05, 0.1) is 24.6 Å². The van der Waals surface area contributed by atoms with E-state index in [1.165, 1.54) is 31.0 Å². The molecule has 25 heavy (non-hydrogen) atoms. The van der Waals surface area contributed by atoms with Gasteiger partial charge in [-0.3, -0.25) is 4.79 Å². The second kappa shape index (κ2) is 8.33. The number of aromatic nitrogens is 4. The zero-order valence-corrected chi connectivity index (χ0v) is 15.4. The summed E-state index contributed by atoms with van der Waals surface area (Å²) < 4.78 is 7.17. The van der Waals surface area contributed by atoms with E-state index < -0.39 is 0 Å². The van der Waals surface area contributed by atoms with Gasteiger partial charge in [-0.2, -0.15) is 0 Å². The molecule has 1 heterocycles. The van der Waals surface area contributed by atoms with Crippen molar-refractivity contribution in [1.82, 2.24) is 20.2 Å². The Morgan fingerprint density at radius 2 is 2.16 bits per heavy atom. The molecule has 0 saturated heterocycles. The number of carbonyl (C=O) groups is 1. The summed E-state index contributed by atoms with van der Waals surface area (Å²) in [7, 11) is 1.59. The summed E-state index contributed by atoms with van der Waals surface area (Å²) in [6.45, 7) is 1.97. The van der Waals surface area contributed by atoms with Crippen LogP contribution in [0.1, 0.15) is 43.7 Å². The quantitative estimate of drug-likeness (QED) is 0.796. The van der Waals surface area contributed by atoms with Crippen LogP contribution >= 0.6 is 11.8 Å². The van der Waals surface area contributed by atoms with Gasteiger partial charge in [0.25, 0.3) is 0 Å². The Morgan fingerprint density at radius 3 is 2.92 bits per heavy atom. The van der Waals surface area contributed by atoms with E-state index in [0.717, 1.165) is 18.4 Å². The first-order chi connectivity index (χ1) is 12.2. The number of hydrogen-bond acceptors (Lipinski definition) is 6. The van der Waals surface area contributed by atoms with E-state index in [1.807, 2.05) is 29.8 Å². The lowest BCUT2D eigenvalue weighted by Gasteiger charge is -2.21. The summed E-state index contributed by atoms with van der Waals surface area (Å²) in [4.78, 5) is 12.3. The first kappa shape index (κ1) is 17.7. The van der Waals surface area contributed by atoms with Crippen LogP contribution in [-0.4, -0.2) is 39.0 Å². The predicted molar refractivity (Wildman–Crippen MR) is 97.0 cm³/mol. The molecule has 7 nitrogen and oxygen atoms in total. The number of thioether (sulfide) groups is 1. The van der Waals surface area contributed by atoms with E-state index in [1.54, 1.807) is 7.11 Å². The van der Waals surface area contributed by atoms with Gasteiger partial charge in [0.1, 0.15) is 5.75 Å². The van der Waals surface area contributed by atoms with Gasteiger partial charge in [0.2, 0.25) is 11.1 Å². The van der Waals surface area contributed by atoms with Crippen molar-refractivity contribution in [1.29, 1.82) is 0 Å². The maximum absolute atomic E-state index is 12.3. The van der Waals surface area contributed by atoms with Gasteiger partial charge >= 0.3 is 0 Å². The number of benzene rings is 1. The fourth-order valence-corrected chi connectivity index (χ4v) is 3.82. The lowest BCUT2D eigenvalue weighted by atomic mass is 9.96. The molecular weight excluding hydrogens is 338 g/mol. The summed E-state index contributed by atoms with van der Waals surface area (Å²) >= 11 is 1.37. The molecule has 0 bridgehead atoms. The van der Waals surface area contributed by atoms with Crippen molar-refractivity contribution < 1.29 is 9.53 Å². The molecule has 1 amide bonds. The van der Waals surface area contributed by atoms with Crippen molar-refractivity contribution in [3.8, 4) is 5.75 Å². The van der Waals surface area contributed by atoms with Crippen LogP contribution in [0.3, 0.4) is 0 Å². The van der Waals surface area contributed by atoms with Gasteiger partial charge in [0.15, 0.2) is 0 Å². The van der Waals surface area contributed by atoms with Gasteiger partial charge in [-0.05, 0) is 47.9 Å². The average molecular weight is 361 g/mol. The SMILES string of the molecule is COc1ccc(C)cc1NC(=O)CSc1nnnn1C1CCCCC1. The Morgan fingerprint density at radius 1 is 1.36 bits per heavy atom. The van der Waals surface area contributed by atoms with Crippen LogP contribution < -0.4 is 10.1 Å². The van der Waals surface area contributed by atoms with Crippen molar-refractivity contribution in [2.75, 3.05) is 18.2 Å². The van der Waals surface area contributed by atoms with Gasteiger partial charge in [-0.1, -0.05) is 37.1 Å². The number of nitrogens with zero attached hydrogens (tertiary/aromatic N) is 4. The first-order valence-corrected chi connectivity index (χ1v) is 9.51. The molecule has 1 aromatic carbocycles. The number of hydrogen-bond donors (Lipinski definition) is 1. The molecule has 1 aromatic heterocycles. The number of carbonyl (C=O) groups excluding carboxylic acids is 1. The molecule has 0 unspecified atom stereocenters. The summed E-state index contributed by atoms with van der Waals surface area (Å²) in [5.41, 5.74) is 1.74. The van der Waals surface area contributed by atoms with Gasteiger partial charge < -0.3 is 10.1 Å². The van der Waals surface area contributed by atoms with Gasteiger partial charge in [0, 0.05) is 0 Å². The minimum atomic E-state index is -0.105. The maximum Gasteiger partial charge on any atom is 0.234 e. The fraction of sp³-hybridized carbons (Fsp3) is 0.529. The highest BCUT2D eigenvalue weighted by Crippen LogP contribution is 2.30. The number of methoxy groups -OCH3 is 1. The second-order valence-electron chi connectivity index (χ2n) is 6.24. The molecule has 0 radical (unpaired) electrons. The van der Waals surface area contributed by atoms with E-state index in [-0.39, 0.29) is 11.7 Å². The number of anilines is 1. The van der Waals surface area contributed by atoms with Crippen LogP contribution in [0.15, 0.2) is 23.4 Å². The zero-order chi connectivity index (χ0) is 17.6. The molecule has 0 atom stereocenters. The molecule has 8 heteroatoms. The smallest absolute Gasteiger partial charge is 0.234 e. The minimum Gasteiger partial charge on any atom is -0.495 e. The Balaban J connectivity index is 1.60. The molecule has 1 N–H and O–H groups in total. The summed E-state index contributed by atoms with van der Waals surface area (Å²) in [5.74, 6) is 0.799. The van der Waals surface area contributed by atoms with Crippen LogP contribution in [0, 0.1) is 6.92 Å². The van der Waals surface area contributed by atoms with E-state index in [0.29, 0.717) is 22.6 Å². The summed E-state index contributed by atoms with van der Waals surface area (Å²) in [6.07, 6.45) is 5.91. The molecule has 2 aromatic rings. The minimum absolute atomic E-state index is 0.105. The molecule has 0 aliphatic heterocycles. The number of rotatable bonds is 6. The Labute approximate surface area is 151 Å². The molecule has 1 aliphatic rings. The number of nitrogens with one attached hydrogen (secondary N) is 1. The molecule has 1 saturated carbocycles. The van der Waals surface area contributed by atoms with Crippen molar-refractivity contribution in [2.45, 2.75) is 50.2 Å². The average Bonchev–Trinajstić information content (AvgIpc) is 3.09. The maximum atomic E-state index is 12.3.